The molecule has 2 aliphatic heterocycles. The van der Waals surface area contributed by atoms with Gasteiger partial charge >= 0.3 is 0 Å². The average molecular weight is 345 g/mol. The van der Waals surface area contributed by atoms with Crippen molar-refractivity contribution in [2.45, 2.75) is 37.8 Å². The number of nitrogens with one attached hydrogen (secondary N) is 1. The summed E-state index contributed by atoms with van der Waals surface area (Å²) < 4.78 is 5.51. The van der Waals surface area contributed by atoms with Crippen LogP contribution in [0.1, 0.15) is 24.8 Å². The van der Waals surface area contributed by atoms with Crippen molar-refractivity contribution in [3.63, 3.8) is 0 Å². The summed E-state index contributed by atoms with van der Waals surface area (Å²) in [5.74, 6) is 0.272. The molecule has 0 aromatic heterocycles. The van der Waals surface area contributed by atoms with E-state index in [1.807, 2.05) is 6.07 Å². The molecule has 0 saturated carbocycles. The van der Waals surface area contributed by atoms with Crippen LogP contribution >= 0.6 is 0 Å². The molecular weight excluding hydrogens is 314 g/mol. The molecule has 138 valence electrons. The minimum atomic E-state index is 0.159. The van der Waals surface area contributed by atoms with E-state index in [0.29, 0.717) is 19.1 Å². The second-order valence-electron chi connectivity index (χ2n) is 7.29. The first-order valence-electron chi connectivity index (χ1n) is 9.55. The van der Waals surface area contributed by atoms with Crippen LogP contribution in [-0.4, -0.2) is 74.2 Å². The molecule has 2 aliphatic rings. The topological polar surface area (TPSA) is 44.8 Å². The van der Waals surface area contributed by atoms with E-state index in [2.05, 4.69) is 46.4 Å². The minimum Gasteiger partial charge on any atom is -0.378 e. The number of morpholine rings is 1. The summed E-state index contributed by atoms with van der Waals surface area (Å²) in [5.41, 5.74) is 1.30. The molecule has 1 amide bonds. The fourth-order valence-corrected chi connectivity index (χ4v) is 3.79. The lowest BCUT2D eigenvalue weighted by Gasteiger charge is -2.38. The Bertz CT molecular complexity index is 523. The first-order chi connectivity index (χ1) is 12.2. The fourth-order valence-electron chi connectivity index (χ4n) is 3.79. The normalized spacial score (nSPS) is 22.7. The average Bonchev–Trinajstić information content (AvgIpc) is 2.65. The Labute approximate surface area is 151 Å². The number of ether oxygens (including phenoxy) is 1. The Morgan fingerprint density at radius 2 is 2.04 bits per heavy atom. The molecule has 2 saturated heterocycles. The van der Waals surface area contributed by atoms with Gasteiger partial charge in [0.15, 0.2) is 0 Å². The number of hydrogen-bond acceptors (Lipinski definition) is 4. The zero-order valence-electron chi connectivity index (χ0n) is 15.3. The molecule has 1 atom stereocenters. The molecule has 5 nitrogen and oxygen atoms in total. The standard InChI is InChI=1S/C20H31N3O2/c1-22-11-8-19(9-12-22)23(13-7-17-5-3-2-4-6-17)20(24)15-18-16-25-14-10-21-18/h2-6,18-19,21H,7-16H2,1H3/t18-/m0/s1. The van der Waals surface area contributed by atoms with E-state index in [1.54, 1.807) is 0 Å². The van der Waals surface area contributed by atoms with Crippen molar-refractivity contribution in [3.8, 4) is 0 Å². The summed E-state index contributed by atoms with van der Waals surface area (Å²) in [6, 6.07) is 11.0. The number of hydrogen-bond donors (Lipinski definition) is 1. The van der Waals surface area contributed by atoms with E-state index in [4.69, 9.17) is 4.74 Å². The number of amides is 1. The van der Waals surface area contributed by atoms with Crippen LogP contribution in [0.3, 0.4) is 0 Å². The van der Waals surface area contributed by atoms with Gasteiger partial charge in [-0.15, -0.1) is 0 Å². The number of likely N-dealkylation sites (tertiary alicyclic amines) is 1. The number of rotatable bonds is 6. The van der Waals surface area contributed by atoms with Gasteiger partial charge < -0.3 is 19.9 Å². The summed E-state index contributed by atoms with van der Waals surface area (Å²) in [6.45, 7) is 5.19. The number of carbonyl (C=O) groups is 1. The van der Waals surface area contributed by atoms with Gasteiger partial charge in [-0.2, -0.15) is 0 Å². The number of carbonyl (C=O) groups excluding carboxylic acids is 1. The third-order valence-electron chi connectivity index (χ3n) is 5.35. The Balaban J connectivity index is 1.61. The first kappa shape index (κ1) is 18.4. The van der Waals surface area contributed by atoms with Crippen LogP contribution in [-0.2, 0) is 16.0 Å². The Morgan fingerprint density at radius 3 is 2.72 bits per heavy atom. The van der Waals surface area contributed by atoms with Crippen LogP contribution in [0.5, 0.6) is 0 Å². The van der Waals surface area contributed by atoms with Gasteiger partial charge in [0.05, 0.1) is 13.2 Å². The second-order valence-corrected chi connectivity index (χ2v) is 7.29. The molecule has 1 aromatic carbocycles. The van der Waals surface area contributed by atoms with Crippen molar-refractivity contribution >= 4 is 5.91 Å². The van der Waals surface area contributed by atoms with Gasteiger partial charge in [0.25, 0.3) is 0 Å². The number of benzene rings is 1. The number of piperidine rings is 1. The molecule has 2 fully saturated rings. The van der Waals surface area contributed by atoms with Gasteiger partial charge in [-0.25, -0.2) is 0 Å². The third-order valence-corrected chi connectivity index (χ3v) is 5.35. The van der Waals surface area contributed by atoms with Crippen LogP contribution in [0.15, 0.2) is 30.3 Å². The maximum Gasteiger partial charge on any atom is 0.224 e. The van der Waals surface area contributed by atoms with Gasteiger partial charge in [-0.05, 0) is 45.0 Å². The summed E-state index contributed by atoms with van der Waals surface area (Å²) in [4.78, 5) is 17.5. The van der Waals surface area contributed by atoms with E-state index >= 15 is 0 Å². The van der Waals surface area contributed by atoms with Crippen molar-refractivity contribution in [2.24, 2.45) is 0 Å². The molecular formula is C20H31N3O2. The lowest BCUT2D eigenvalue weighted by molar-refractivity contribution is -0.135. The highest BCUT2D eigenvalue weighted by molar-refractivity contribution is 5.77. The molecule has 2 heterocycles. The highest BCUT2D eigenvalue weighted by Crippen LogP contribution is 2.18. The van der Waals surface area contributed by atoms with Gasteiger partial charge in [-0.1, -0.05) is 30.3 Å². The molecule has 0 radical (unpaired) electrons. The smallest absolute Gasteiger partial charge is 0.224 e. The number of nitrogens with zero attached hydrogens (tertiary/aromatic N) is 2. The van der Waals surface area contributed by atoms with Crippen molar-refractivity contribution in [1.29, 1.82) is 0 Å². The molecule has 0 bridgehead atoms. The highest BCUT2D eigenvalue weighted by atomic mass is 16.5. The highest BCUT2D eigenvalue weighted by Gasteiger charge is 2.28. The molecule has 1 N–H and O–H groups in total. The zero-order chi connectivity index (χ0) is 17.5. The van der Waals surface area contributed by atoms with Crippen LogP contribution in [0.4, 0.5) is 0 Å². The molecule has 0 aliphatic carbocycles. The third kappa shape index (κ3) is 5.53. The summed E-state index contributed by atoms with van der Waals surface area (Å²) >= 11 is 0. The Hall–Kier alpha value is -1.43. The maximum atomic E-state index is 13.0. The van der Waals surface area contributed by atoms with Gasteiger partial charge in [-0.3, -0.25) is 4.79 Å². The van der Waals surface area contributed by atoms with Crippen LogP contribution in [0, 0.1) is 0 Å². The quantitative estimate of drug-likeness (QED) is 0.849. The van der Waals surface area contributed by atoms with E-state index in [-0.39, 0.29) is 11.9 Å². The largest absolute Gasteiger partial charge is 0.378 e. The molecule has 5 heteroatoms. The SMILES string of the molecule is CN1CCC(N(CCc2ccccc2)C(=O)C[C@H]2COCCN2)CC1. The molecule has 0 spiro atoms. The van der Waals surface area contributed by atoms with Crippen LogP contribution in [0.25, 0.3) is 0 Å². The van der Waals surface area contributed by atoms with Gasteiger partial charge in [0.1, 0.15) is 0 Å². The van der Waals surface area contributed by atoms with Crippen molar-refractivity contribution in [2.75, 3.05) is 46.4 Å². The molecule has 25 heavy (non-hydrogen) atoms. The Kier molecular flexibility index (Phi) is 6.84. The van der Waals surface area contributed by atoms with Gasteiger partial charge in [0.2, 0.25) is 5.91 Å². The van der Waals surface area contributed by atoms with E-state index < -0.39 is 0 Å². The second kappa shape index (κ2) is 9.32. The van der Waals surface area contributed by atoms with Crippen LogP contribution in [0.2, 0.25) is 0 Å². The predicted molar refractivity (Wildman–Crippen MR) is 99.6 cm³/mol. The lowest BCUT2D eigenvalue weighted by atomic mass is 10.0. The van der Waals surface area contributed by atoms with Crippen molar-refractivity contribution in [3.05, 3.63) is 35.9 Å². The Morgan fingerprint density at radius 1 is 1.28 bits per heavy atom. The predicted octanol–water partition coefficient (Wildman–Crippen LogP) is 1.53. The molecule has 3 rings (SSSR count). The maximum absolute atomic E-state index is 13.0. The van der Waals surface area contributed by atoms with Crippen LogP contribution < -0.4 is 5.32 Å². The summed E-state index contributed by atoms with van der Waals surface area (Å²) in [7, 11) is 2.16. The van der Waals surface area contributed by atoms with E-state index in [0.717, 1.165) is 52.0 Å². The summed E-state index contributed by atoms with van der Waals surface area (Å²) in [6.07, 6.45) is 3.62. The molecule has 1 aromatic rings. The van der Waals surface area contributed by atoms with Crippen molar-refractivity contribution < 1.29 is 9.53 Å². The summed E-state index contributed by atoms with van der Waals surface area (Å²) in [5, 5.41) is 3.41. The fraction of sp³-hybridized carbons (Fsp3) is 0.650. The zero-order valence-corrected chi connectivity index (χ0v) is 15.3. The first-order valence-corrected chi connectivity index (χ1v) is 9.55. The molecule has 0 unspecified atom stereocenters. The monoisotopic (exact) mass is 345 g/mol. The van der Waals surface area contributed by atoms with E-state index in [1.165, 1.54) is 5.56 Å². The minimum absolute atomic E-state index is 0.159. The van der Waals surface area contributed by atoms with Crippen molar-refractivity contribution in [1.82, 2.24) is 15.1 Å². The lowest BCUT2D eigenvalue weighted by Crippen LogP contribution is -2.50. The van der Waals surface area contributed by atoms with E-state index in [9.17, 15) is 4.79 Å². The van der Waals surface area contributed by atoms with Gasteiger partial charge in [0, 0.05) is 31.6 Å².